The molecule has 1 aromatic carbocycles. The van der Waals surface area contributed by atoms with Gasteiger partial charge in [-0.2, -0.15) is 0 Å². The third-order valence-electron chi connectivity index (χ3n) is 3.83. The average Bonchev–Trinajstić information content (AvgIpc) is 2.55. The maximum atomic E-state index is 12.2. The largest absolute Gasteiger partial charge is 0.378 e. The minimum atomic E-state index is -0.384. The van der Waals surface area contributed by atoms with E-state index in [2.05, 4.69) is 5.32 Å². The van der Waals surface area contributed by atoms with Gasteiger partial charge in [0.1, 0.15) is 0 Å². The van der Waals surface area contributed by atoms with Crippen molar-refractivity contribution in [2.45, 2.75) is 13.0 Å². The van der Waals surface area contributed by atoms with Gasteiger partial charge in [-0.05, 0) is 26.1 Å². The Morgan fingerprint density at radius 3 is 2.55 bits per heavy atom. The highest BCUT2D eigenvalue weighted by molar-refractivity contribution is 5.94. The summed E-state index contributed by atoms with van der Waals surface area (Å²) in [6.07, 6.45) is 0. The van der Waals surface area contributed by atoms with E-state index < -0.39 is 0 Å². The van der Waals surface area contributed by atoms with Crippen LogP contribution in [0.2, 0.25) is 0 Å². The fourth-order valence-corrected chi connectivity index (χ4v) is 2.23. The van der Waals surface area contributed by atoms with E-state index in [9.17, 15) is 9.59 Å². The lowest BCUT2D eigenvalue weighted by atomic mass is 10.2. The molecule has 22 heavy (non-hydrogen) atoms. The molecule has 0 radical (unpaired) electrons. The van der Waals surface area contributed by atoms with E-state index in [4.69, 9.17) is 4.74 Å². The molecule has 6 nitrogen and oxygen atoms in total. The third kappa shape index (κ3) is 4.54. The first-order valence-electron chi connectivity index (χ1n) is 7.49. The molecule has 0 aliphatic carbocycles. The highest BCUT2D eigenvalue weighted by atomic mass is 16.5. The zero-order chi connectivity index (χ0) is 15.9. The Hall–Kier alpha value is -1.92. The SMILES string of the molecule is C[C@H](C(=O)Nc1ccccc1)N(C)CC(=O)N1CCOCC1. The topological polar surface area (TPSA) is 61.9 Å². The van der Waals surface area contributed by atoms with Crippen molar-refractivity contribution in [2.75, 3.05) is 45.2 Å². The molecule has 2 amide bonds. The van der Waals surface area contributed by atoms with Crippen LogP contribution >= 0.6 is 0 Å². The van der Waals surface area contributed by atoms with Crippen molar-refractivity contribution in [3.63, 3.8) is 0 Å². The zero-order valence-corrected chi connectivity index (χ0v) is 13.1. The summed E-state index contributed by atoms with van der Waals surface area (Å²) in [4.78, 5) is 27.9. The first-order chi connectivity index (χ1) is 10.6. The highest BCUT2D eigenvalue weighted by Crippen LogP contribution is 2.08. The summed E-state index contributed by atoms with van der Waals surface area (Å²) >= 11 is 0. The minimum Gasteiger partial charge on any atom is -0.378 e. The van der Waals surface area contributed by atoms with Crippen LogP contribution < -0.4 is 5.32 Å². The Balaban J connectivity index is 1.84. The van der Waals surface area contributed by atoms with Gasteiger partial charge in [-0.15, -0.1) is 0 Å². The van der Waals surface area contributed by atoms with Gasteiger partial charge < -0.3 is 15.0 Å². The van der Waals surface area contributed by atoms with E-state index in [1.54, 1.807) is 23.8 Å². The van der Waals surface area contributed by atoms with Gasteiger partial charge >= 0.3 is 0 Å². The molecule has 1 fully saturated rings. The second-order valence-corrected chi connectivity index (χ2v) is 5.44. The number of hydrogen-bond donors (Lipinski definition) is 1. The van der Waals surface area contributed by atoms with E-state index >= 15 is 0 Å². The summed E-state index contributed by atoms with van der Waals surface area (Å²) in [5.74, 6) is -0.0892. The molecule has 2 rings (SSSR count). The fraction of sp³-hybridized carbons (Fsp3) is 0.500. The Morgan fingerprint density at radius 2 is 1.91 bits per heavy atom. The number of carbonyl (C=O) groups excluding carboxylic acids is 2. The third-order valence-corrected chi connectivity index (χ3v) is 3.83. The number of morpholine rings is 1. The number of amides is 2. The molecule has 0 aromatic heterocycles. The number of anilines is 1. The van der Waals surface area contributed by atoms with Gasteiger partial charge in [0.05, 0.1) is 25.8 Å². The second-order valence-electron chi connectivity index (χ2n) is 5.44. The molecular weight excluding hydrogens is 282 g/mol. The van der Waals surface area contributed by atoms with Crippen molar-refractivity contribution in [2.24, 2.45) is 0 Å². The predicted molar refractivity (Wildman–Crippen MR) is 84.6 cm³/mol. The van der Waals surface area contributed by atoms with Crippen LogP contribution in [0.3, 0.4) is 0 Å². The Kier molecular flexibility index (Phi) is 5.91. The molecule has 0 spiro atoms. The summed E-state index contributed by atoms with van der Waals surface area (Å²) in [7, 11) is 1.79. The van der Waals surface area contributed by atoms with Crippen LogP contribution in [0.1, 0.15) is 6.92 Å². The van der Waals surface area contributed by atoms with Gasteiger partial charge in [-0.25, -0.2) is 0 Å². The molecule has 1 aliphatic heterocycles. The number of benzene rings is 1. The Morgan fingerprint density at radius 1 is 1.27 bits per heavy atom. The lowest BCUT2D eigenvalue weighted by Crippen LogP contribution is -2.48. The molecule has 1 N–H and O–H groups in total. The van der Waals surface area contributed by atoms with Crippen molar-refractivity contribution >= 4 is 17.5 Å². The molecular formula is C16H23N3O3. The molecule has 0 unspecified atom stereocenters. The summed E-state index contributed by atoms with van der Waals surface area (Å²) in [5.41, 5.74) is 0.757. The van der Waals surface area contributed by atoms with E-state index in [1.807, 2.05) is 30.3 Å². The van der Waals surface area contributed by atoms with E-state index in [0.29, 0.717) is 26.3 Å². The zero-order valence-electron chi connectivity index (χ0n) is 13.1. The van der Waals surface area contributed by atoms with Crippen LogP contribution in [0.4, 0.5) is 5.69 Å². The van der Waals surface area contributed by atoms with Crippen molar-refractivity contribution in [3.05, 3.63) is 30.3 Å². The lowest BCUT2D eigenvalue weighted by molar-refractivity contribution is -0.137. The number of para-hydroxylation sites is 1. The maximum Gasteiger partial charge on any atom is 0.241 e. The van der Waals surface area contributed by atoms with Crippen LogP contribution in [-0.2, 0) is 14.3 Å². The number of hydrogen-bond acceptors (Lipinski definition) is 4. The molecule has 1 heterocycles. The van der Waals surface area contributed by atoms with Gasteiger partial charge in [0.15, 0.2) is 0 Å². The molecule has 1 aromatic rings. The number of ether oxygens (including phenoxy) is 1. The quantitative estimate of drug-likeness (QED) is 0.874. The molecule has 6 heteroatoms. The normalized spacial score (nSPS) is 16.4. The summed E-state index contributed by atoms with van der Waals surface area (Å²) in [6.45, 7) is 4.43. The van der Waals surface area contributed by atoms with Crippen LogP contribution in [-0.4, -0.2) is 67.6 Å². The summed E-state index contributed by atoms with van der Waals surface area (Å²) in [6, 6.07) is 8.92. The average molecular weight is 305 g/mol. The lowest BCUT2D eigenvalue weighted by Gasteiger charge is -2.30. The van der Waals surface area contributed by atoms with E-state index in [0.717, 1.165) is 5.69 Å². The summed E-state index contributed by atoms with van der Waals surface area (Å²) in [5, 5.41) is 2.85. The van der Waals surface area contributed by atoms with Gasteiger partial charge in [-0.1, -0.05) is 18.2 Å². The van der Waals surface area contributed by atoms with Crippen LogP contribution in [0.25, 0.3) is 0 Å². The standard InChI is InChI=1S/C16H23N3O3/c1-13(16(21)17-14-6-4-3-5-7-14)18(2)12-15(20)19-8-10-22-11-9-19/h3-7,13H,8-12H2,1-2H3,(H,17,21)/t13-/m1/s1. The second kappa shape index (κ2) is 7.91. The Bertz CT molecular complexity index is 501. The van der Waals surface area contributed by atoms with Crippen LogP contribution in [0, 0.1) is 0 Å². The number of nitrogens with zero attached hydrogens (tertiary/aromatic N) is 2. The molecule has 1 atom stereocenters. The Labute approximate surface area is 131 Å². The van der Waals surface area contributed by atoms with Crippen LogP contribution in [0.15, 0.2) is 30.3 Å². The van der Waals surface area contributed by atoms with Gasteiger partial charge in [0, 0.05) is 18.8 Å². The smallest absolute Gasteiger partial charge is 0.241 e. The first-order valence-corrected chi connectivity index (χ1v) is 7.49. The van der Waals surface area contributed by atoms with Crippen molar-refractivity contribution in [3.8, 4) is 0 Å². The molecule has 1 aliphatic rings. The van der Waals surface area contributed by atoms with Crippen molar-refractivity contribution in [1.29, 1.82) is 0 Å². The minimum absolute atomic E-state index is 0.0326. The van der Waals surface area contributed by atoms with Gasteiger partial charge in [0.25, 0.3) is 0 Å². The van der Waals surface area contributed by atoms with Crippen molar-refractivity contribution < 1.29 is 14.3 Å². The predicted octanol–water partition coefficient (Wildman–Crippen LogP) is 0.804. The number of likely N-dealkylation sites (N-methyl/N-ethyl adjacent to an activating group) is 1. The number of rotatable bonds is 5. The first kappa shape index (κ1) is 16.5. The molecule has 0 saturated carbocycles. The fourth-order valence-electron chi connectivity index (χ4n) is 2.23. The van der Waals surface area contributed by atoms with Gasteiger partial charge in [-0.3, -0.25) is 14.5 Å². The highest BCUT2D eigenvalue weighted by Gasteiger charge is 2.23. The maximum absolute atomic E-state index is 12.2. The van der Waals surface area contributed by atoms with E-state index in [-0.39, 0.29) is 24.4 Å². The molecule has 120 valence electrons. The van der Waals surface area contributed by atoms with Gasteiger partial charge in [0.2, 0.25) is 11.8 Å². The summed E-state index contributed by atoms with van der Waals surface area (Å²) < 4.78 is 5.24. The van der Waals surface area contributed by atoms with Crippen LogP contribution in [0.5, 0.6) is 0 Å². The van der Waals surface area contributed by atoms with Crippen molar-refractivity contribution in [1.82, 2.24) is 9.80 Å². The van der Waals surface area contributed by atoms with E-state index in [1.165, 1.54) is 0 Å². The molecule has 1 saturated heterocycles. The monoisotopic (exact) mass is 305 g/mol. The molecule has 0 bridgehead atoms. The number of carbonyl (C=O) groups is 2. The number of nitrogens with one attached hydrogen (secondary N) is 1.